The van der Waals surface area contributed by atoms with Crippen molar-refractivity contribution < 1.29 is 9.90 Å². The van der Waals surface area contributed by atoms with Crippen molar-refractivity contribution in [1.29, 1.82) is 0 Å². The van der Waals surface area contributed by atoms with Crippen LogP contribution in [0.1, 0.15) is 59.3 Å². The predicted octanol–water partition coefficient (Wildman–Crippen LogP) is 2.61. The zero-order valence-corrected chi connectivity index (χ0v) is 15.9. The molecule has 0 aromatic carbocycles. The van der Waals surface area contributed by atoms with Crippen LogP contribution in [0.3, 0.4) is 0 Å². The van der Waals surface area contributed by atoms with Gasteiger partial charge in [0, 0.05) is 18.7 Å². The van der Waals surface area contributed by atoms with Crippen LogP contribution >= 0.6 is 0 Å². The number of carbonyl (C=O) groups is 1. The molecule has 1 aliphatic heterocycles. The van der Waals surface area contributed by atoms with Gasteiger partial charge < -0.3 is 16.2 Å². The van der Waals surface area contributed by atoms with Crippen LogP contribution in [-0.4, -0.2) is 29.7 Å². The lowest BCUT2D eigenvalue weighted by molar-refractivity contribution is -0.127. The van der Waals surface area contributed by atoms with Crippen molar-refractivity contribution >= 4 is 5.91 Å². The molecule has 4 unspecified atom stereocenters. The smallest absolute Gasteiger partial charge is 0.243 e. The normalized spacial score (nSPS) is 50.7. The molecule has 3 aliphatic carbocycles. The van der Waals surface area contributed by atoms with Crippen molar-refractivity contribution in [3.63, 3.8) is 0 Å². The number of nitrogens with one attached hydrogen (secondary N) is 1. The molecule has 3 fully saturated rings. The quantitative estimate of drug-likeness (QED) is 0.683. The molecule has 1 heterocycles. The maximum absolute atomic E-state index is 12.0. The molecule has 4 aliphatic rings. The Labute approximate surface area is 151 Å². The van der Waals surface area contributed by atoms with Crippen LogP contribution in [0.25, 0.3) is 0 Å². The van der Waals surface area contributed by atoms with Gasteiger partial charge in [0.25, 0.3) is 0 Å². The maximum Gasteiger partial charge on any atom is 0.243 e. The molecular weight excluding hydrogens is 312 g/mol. The van der Waals surface area contributed by atoms with Gasteiger partial charge in [-0.15, -0.1) is 0 Å². The Morgan fingerprint density at radius 2 is 2.08 bits per heavy atom. The number of carbonyl (C=O) groups excluding carboxylic acids is 1. The van der Waals surface area contributed by atoms with Crippen LogP contribution in [0, 0.1) is 34.5 Å². The highest BCUT2D eigenvalue weighted by Crippen LogP contribution is 2.66. The van der Waals surface area contributed by atoms with E-state index in [0.29, 0.717) is 17.8 Å². The number of nitrogens with two attached hydrogens (primary N) is 1. The third kappa shape index (κ3) is 2.43. The van der Waals surface area contributed by atoms with Gasteiger partial charge in [-0.2, -0.15) is 0 Å². The van der Waals surface area contributed by atoms with Gasteiger partial charge in [-0.25, -0.2) is 0 Å². The summed E-state index contributed by atoms with van der Waals surface area (Å²) >= 11 is 0. The summed E-state index contributed by atoms with van der Waals surface area (Å²) in [5, 5.41) is 14.3. The molecular formula is C21H34N2O2. The van der Waals surface area contributed by atoms with E-state index in [4.69, 9.17) is 5.73 Å². The fourth-order valence-corrected chi connectivity index (χ4v) is 7.59. The summed E-state index contributed by atoms with van der Waals surface area (Å²) in [5.74, 6) is 2.08. The number of aliphatic hydroxyl groups is 1. The van der Waals surface area contributed by atoms with Crippen molar-refractivity contribution in [2.24, 2.45) is 40.2 Å². The molecule has 0 saturated heterocycles. The summed E-state index contributed by atoms with van der Waals surface area (Å²) in [6.07, 6.45) is 7.95. The summed E-state index contributed by atoms with van der Waals surface area (Å²) in [5.41, 5.74) is 7.73. The van der Waals surface area contributed by atoms with E-state index in [1.165, 1.54) is 18.4 Å². The third-order valence-corrected chi connectivity index (χ3v) is 8.62. The number of hydrogen-bond acceptors (Lipinski definition) is 3. The molecule has 4 heteroatoms. The first-order valence-electron chi connectivity index (χ1n) is 10.2. The van der Waals surface area contributed by atoms with E-state index in [-0.39, 0.29) is 34.8 Å². The summed E-state index contributed by atoms with van der Waals surface area (Å²) in [6, 6.07) is 0.202. The molecule has 0 aromatic rings. The highest BCUT2D eigenvalue weighted by atomic mass is 16.3. The second-order valence-corrected chi connectivity index (χ2v) is 9.78. The molecule has 1 amide bonds. The van der Waals surface area contributed by atoms with E-state index in [0.717, 1.165) is 32.2 Å². The van der Waals surface area contributed by atoms with Gasteiger partial charge in [-0.3, -0.25) is 4.79 Å². The average molecular weight is 347 g/mol. The molecule has 0 spiro atoms. The second kappa shape index (κ2) is 5.82. The number of allylic oxidation sites excluding steroid dienone is 1. The molecule has 140 valence electrons. The Morgan fingerprint density at radius 1 is 1.32 bits per heavy atom. The summed E-state index contributed by atoms with van der Waals surface area (Å²) in [7, 11) is 0. The molecule has 0 bridgehead atoms. The number of hydrogen-bond donors (Lipinski definition) is 3. The van der Waals surface area contributed by atoms with Crippen molar-refractivity contribution in [2.75, 3.05) is 6.54 Å². The van der Waals surface area contributed by atoms with Crippen LogP contribution in [0.4, 0.5) is 0 Å². The Kier molecular flexibility index (Phi) is 4.08. The number of amides is 1. The standard InChI is InChI=1S/C21H34N2O2/c1-12(22)15-6-7-16-14-5-4-13-10-18(25)23-9-8-20(13,2)19(14)17(24)11-21(15,16)3/h10,12,14-17,19,24H,4-9,11,22H2,1-3H3,(H,23,25)/t12-,14?,15?,16?,17-,19?,20-,21+/m0/s1. The number of aliphatic hydroxyl groups excluding tert-OH is 1. The van der Waals surface area contributed by atoms with Crippen LogP contribution in [0.2, 0.25) is 0 Å². The first kappa shape index (κ1) is 17.5. The van der Waals surface area contributed by atoms with Gasteiger partial charge in [0.15, 0.2) is 0 Å². The Morgan fingerprint density at radius 3 is 2.80 bits per heavy atom. The Hall–Kier alpha value is -0.870. The second-order valence-electron chi connectivity index (χ2n) is 9.78. The molecule has 0 radical (unpaired) electrons. The highest BCUT2D eigenvalue weighted by Gasteiger charge is 2.61. The van der Waals surface area contributed by atoms with E-state index in [2.05, 4.69) is 26.1 Å². The Bertz CT molecular complexity index is 601. The van der Waals surface area contributed by atoms with Crippen molar-refractivity contribution in [3.05, 3.63) is 11.6 Å². The van der Waals surface area contributed by atoms with Gasteiger partial charge in [0.1, 0.15) is 0 Å². The van der Waals surface area contributed by atoms with Crippen molar-refractivity contribution in [1.82, 2.24) is 5.32 Å². The van der Waals surface area contributed by atoms with E-state index in [9.17, 15) is 9.90 Å². The molecule has 8 atom stereocenters. The lowest BCUT2D eigenvalue weighted by Gasteiger charge is -2.59. The maximum atomic E-state index is 12.0. The number of rotatable bonds is 1. The van der Waals surface area contributed by atoms with E-state index in [1.807, 2.05) is 6.08 Å². The summed E-state index contributed by atoms with van der Waals surface area (Å²) < 4.78 is 0. The molecule has 0 aromatic heterocycles. The fraction of sp³-hybridized carbons (Fsp3) is 0.857. The van der Waals surface area contributed by atoms with E-state index in [1.54, 1.807) is 0 Å². The van der Waals surface area contributed by atoms with E-state index < -0.39 is 0 Å². The van der Waals surface area contributed by atoms with Crippen LogP contribution in [-0.2, 0) is 4.79 Å². The lowest BCUT2D eigenvalue weighted by Crippen LogP contribution is -2.57. The molecule has 4 nitrogen and oxygen atoms in total. The lowest BCUT2D eigenvalue weighted by atomic mass is 9.46. The van der Waals surface area contributed by atoms with Gasteiger partial charge in [-0.1, -0.05) is 19.4 Å². The van der Waals surface area contributed by atoms with Crippen LogP contribution < -0.4 is 11.1 Å². The minimum Gasteiger partial charge on any atom is -0.393 e. The van der Waals surface area contributed by atoms with Crippen LogP contribution in [0.15, 0.2) is 11.6 Å². The first-order valence-corrected chi connectivity index (χ1v) is 10.2. The largest absolute Gasteiger partial charge is 0.393 e. The SMILES string of the molecule is C[C@H](N)C1CCC2C3CCC4=CC(=O)NCC[C@]4(C)C3[C@@H](O)C[C@@]21C. The average Bonchev–Trinajstić information content (AvgIpc) is 2.78. The van der Waals surface area contributed by atoms with Gasteiger partial charge in [0.2, 0.25) is 5.91 Å². The summed E-state index contributed by atoms with van der Waals surface area (Å²) in [4.78, 5) is 12.0. The minimum absolute atomic E-state index is 0.0464. The molecule has 3 saturated carbocycles. The van der Waals surface area contributed by atoms with Crippen molar-refractivity contribution in [2.45, 2.75) is 71.4 Å². The van der Waals surface area contributed by atoms with Crippen LogP contribution in [0.5, 0.6) is 0 Å². The fourth-order valence-electron chi connectivity index (χ4n) is 7.59. The molecule has 25 heavy (non-hydrogen) atoms. The first-order chi connectivity index (χ1) is 11.8. The molecule has 4 N–H and O–H groups in total. The third-order valence-electron chi connectivity index (χ3n) is 8.62. The number of fused-ring (bicyclic) bond motifs is 5. The predicted molar refractivity (Wildman–Crippen MR) is 98.6 cm³/mol. The van der Waals surface area contributed by atoms with Gasteiger partial charge in [0.05, 0.1) is 6.10 Å². The van der Waals surface area contributed by atoms with Gasteiger partial charge >= 0.3 is 0 Å². The minimum atomic E-state index is -0.285. The zero-order chi connectivity index (χ0) is 18.0. The highest BCUT2D eigenvalue weighted by molar-refractivity contribution is 5.88. The Balaban J connectivity index is 1.71. The topological polar surface area (TPSA) is 75.4 Å². The monoisotopic (exact) mass is 346 g/mol. The molecule has 4 rings (SSSR count). The zero-order valence-electron chi connectivity index (χ0n) is 15.9. The summed E-state index contributed by atoms with van der Waals surface area (Å²) in [6.45, 7) is 7.56. The van der Waals surface area contributed by atoms with Crippen molar-refractivity contribution in [3.8, 4) is 0 Å². The van der Waals surface area contributed by atoms with Gasteiger partial charge in [-0.05, 0) is 80.0 Å². The van der Waals surface area contributed by atoms with E-state index >= 15 is 0 Å².